The second kappa shape index (κ2) is 5.37. The van der Waals surface area contributed by atoms with Crippen molar-refractivity contribution in [2.75, 3.05) is 11.5 Å². The van der Waals surface area contributed by atoms with E-state index in [1.807, 2.05) is 0 Å². The maximum Gasteiger partial charge on any atom is 0.223 e. The van der Waals surface area contributed by atoms with Gasteiger partial charge in [-0.15, -0.1) is 11.6 Å². The number of amides is 1. The maximum absolute atomic E-state index is 12.1. The van der Waals surface area contributed by atoms with E-state index < -0.39 is 21.3 Å². The Hall–Kier alpha value is -0.290. The van der Waals surface area contributed by atoms with Gasteiger partial charge < -0.3 is 5.32 Å². The van der Waals surface area contributed by atoms with Gasteiger partial charge in [-0.25, -0.2) is 8.42 Å². The summed E-state index contributed by atoms with van der Waals surface area (Å²) in [6.45, 7) is 2.20. The van der Waals surface area contributed by atoms with Gasteiger partial charge in [0.25, 0.3) is 0 Å². The summed E-state index contributed by atoms with van der Waals surface area (Å²) in [6.07, 6.45) is 3.95. The van der Waals surface area contributed by atoms with Crippen LogP contribution in [0.4, 0.5) is 0 Å². The molecule has 18 heavy (non-hydrogen) atoms. The minimum absolute atomic E-state index is 0.0178. The van der Waals surface area contributed by atoms with Crippen molar-refractivity contribution in [1.29, 1.82) is 0 Å². The van der Waals surface area contributed by atoms with Crippen molar-refractivity contribution in [2.45, 2.75) is 44.0 Å². The van der Waals surface area contributed by atoms with Gasteiger partial charge in [-0.1, -0.05) is 6.92 Å². The Morgan fingerprint density at radius 1 is 1.17 bits per heavy atom. The summed E-state index contributed by atoms with van der Waals surface area (Å²) in [6, 6.07) is -0.413. The molecule has 6 heteroatoms. The van der Waals surface area contributed by atoms with Crippen LogP contribution in [-0.2, 0) is 14.6 Å². The van der Waals surface area contributed by atoms with Crippen LogP contribution in [0.25, 0.3) is 0 Å². The molecule has 2 atom stereocenters. The van der Waals surface area contributed by atoms with Crippen molar-refractivity contribution in [2.24, 2.45) is 11.8 Å². The third-order valence-corrected chi connectivity index (χ3v) is 6.37. The number of carbonyl (C=O) groups excluding carboxylic acids is 1. The Kier molecular flexibility index (Phi) is 4.22. The fourth-order valence-corrected chi connectivity index (χ4v) is 5.31. The normalized spacial score (nSPS) is 39.4. The van der Waals surface area contributed by atoms with Crippen LogP contribution in [-0.4, -0.2) is 37.2 Å². The zero-order valence-electron chi connectivity index (χ0n) is 10.6. The molecule has 2 aliphatic rings. The molecule has 0 spiro atoms. The molecule has 2 fully saturated rings. The third-order valence-electron chi connectivity index (χ3n) is 4.00. The van der Waals surface area contributed by atoms with Gasteiger partial charge >= 0.3 is 0 Å². The van der Waals surface area contributed by atoms with Crippen LogP contribution in [0.2, 0.25) is 0 Å². The average Bonchev–Trinajstić information content (AvgIpc) is 2.52. The highest BCUT2D eigenvalue weighted by Gasteiger charge is 2.38. The first-order valence-electron chi connectivity index (χ1n) is 6.52. The topological polar surface area (TPSA) is 63.2 Å². The number of hydrogen-bond donors (Lipinski definition) is 1. The molecule has 1 amide bonds. The van der Waals surface area contributed by atoms with Crippen molar-refractivity contribution < 1.29 is 13.2 Å². The highest BCUT2D eigenvalue weighted by Crippen LogP contribution is 2.29. The number of nitrogens with one attached hydrogen (secondary N) is 1. The van der Waals surface area contributed by atoms with E-state index in [4.69, 9.17) is 11.6 Å². The number of carbonyl (C=O) groups is 1. The van der Waals surface area contributed by atoms with Gasteiger partial charge in [0, 0.05) is 5.92 Å². The van der Waals surface area contributed by atoms with Crippen molar-refractivity contribution in [3.05, 3.63) is 0 Å². The second-order valence-corrected chi connectivity index (χ2v) is 8.38. The van der Waals surface area contributed by atoms with Crippen LogP contribution >= 0.6 is 11.6 Å². The van der Waals surface area contributed by atoms with Gasteiger partial charge in [-0.2, -0.15) is 0 Å². The molecule has 1 saturated heterocycles. The van der Waals surface area contributed by atoms with E-state index in [0.717, 1.165) is 25.7 Å². The summed E-state index contributed by atoms with van der Waals surface area (Å²) in [5.74, 6) is 0.668. The van der Waals surface area contributed by atoms with Gasteiger partial charge in [-0.3, -0.25) is 4.79 Å². The molecule has 0 aromatic heterocycles. The van der Waals surface area contributed by atoms with Crippen LogP contribution in [0, 0.1) is 11.8 Å². The molecule has 1 aliphatic carbocycles. The van der Waals surface area contributed by atoms with Gasteiger partial charge in [0.2, 0.25) is 5.91 Å². The fourth-order valence-electron chi connectivity index (χ4n) is 2.76. The van der Waals surface area contributed by atoms with Crippen molar-refractivity contribution >= 4 is 27.3 Å². The lowest BCUT2D eigenvalue weighted by Gasteiger charge is -2.26. The Morgan fingerprint density at radius 3 is 2.28 bits per heavy atom. The van der Waals surface area contributed by atoms with E-state index in [-0.39, 0.29) is 23.3 Å². The molecule has 1 saturated carbocycles. The minimum atomic E-state index is -3.08. The summed E-state index contributed by atoms with van der Waals surface area (Å²) < 4.78 is 22.8. The minimum Gasteiger partial charge on any atom is -0.351 e. The lowest BCUT2D eigenvalue weighted by atomic mass is 9.82. The largest absolute Gasteiger partial charge is 0.351 e. The molecule has 0 aromatic carbocycles. The van der Waals surface area contributed by atoms with Crippen LogP contribution in [0.15, 0.2) is 0 Å². The summed E-state index contributed by atoms with van der Waals surface area (Å²) in [7, 11) is -3.08. The highest BCUT2D eigenvalue weighted by molar-refractivity contribution is 7.91. The summed E-state index contributed by atoms with van der Waals surface area (Å²) in [5, 5.41) is 2.33. The number of alkyl halides is 1. The molecule has 104 valence electrons. The fraction of sp³-hybridized carbons (Fsp3) is 0.917. The number of rotatable bonds is 2. The predicted octanol–water partition coefficient (Wildman–Crippen LogP) is 1.33. The first-order chi connectivity index (χ1) is 8.37. The van der Waals surface area contributed by atoms with E-state index >= 15 is 0 Å². The first-order valence-corrected chi connectivity index (χ1v) is 8.78. The standard InChI is InChI=1S/C12H20ClNO3S/c1-8-2-4-9(5-3-8)12(15)14-11-7-18(16,17)6-10(11)13/h8-11H,2-7H2,1H3,(H,14,15). The number of hydrogen-bond acceptors (Lipinski definition) is 3. The Balaban J connectivity index is 1.88. The average molecular weight is 294 g/mol. The molecule has 4 nitrogen and oxygen atoms in total. The lowest BCUT2D eigenvalue weighted by Crippen LogP contribution is -2.44. The van der Waals surface area contributed by atoms with Crippen LogP contribution in [0.1, 0.15) is 32.6 Å². The van der Waals surface area contributed by atoms with Crippen LogP contribution in [0.3, 0.4) is 0 Å². The Labute approximate surface area is 113 Å². The molecule has 1 heterocycles. The third kappa shape index (κ3) is 3.38. The molecule has 0 bridgehead atoms. The maximum atomic E-state index is 12.1. The van der Waals surface area contributed by atoms with Gasteiger partial charge in [0.15, 0.2) is 9.84 Å². The van der Waals surface area contributed by atoms with E-state index in [2.05, 4.69) is 12.2 Å². The van der Waals surface area contributed by atoms with Gasteiger partial charge in [-0.05, 0) is 31.6 Å². The number of sulfone groups is 1. The molecular formula is C12H20ClNO3S. The second-order valence-electron chi connectivity index (χ2n) is 5.66. The zero-order valence-corrected chi connectivity index (χ0v) is 12.1. The van der Waals surface area contributed by atoms with E-state index in [1.54, 1.807) is 0 Å². The van der Waals surface area contributed by atoms with Crippen molar-refractivity contribution in [1.82, 2.24) is 5.32 Å². The summed E-state index contributed by atoms with van der Waals surface area (Å²) >= 11 is 5.98. The monoisotopic (exact) mass is 293 g/mol. The molecule has 2 rings (SSSR count). The Morgan fingerprint density at radius 2 is 1.78 bits per heavy atom. The van der Waals surface area contributed by atoms with Crippen molar-refractivity contribution in [3.8, 4) is 0 Å². The lowest BCUT2D eigenvalue weighted by molar-refractivity contribution is -0.126. The van der Waals surface area contributed by atoms with Crippen molar-refractivity contribution in [3.63, 3.8) is 0 Å². The molecule has 2 unspecified atom stereocenters. The molecule has 0 aromatic rings. The highest BCUT2D eigenvalue weighted by atomic mass is 35.5. The summed E-state index contributed by atoms with van der Waals surface area (Å²) in [5.41, 5.74) is 0. The van der Waals surface area contributed by atoms with E-state index in [1.165, 1.54) is 0 Å². The Bertz CT molecular complexity index is 415. The molecule has 0 radical (unpaired) electrons. The zero-order chi connectivity index (χ0) is 13.3. The molecule has 1 aliphatic heterocycles. The van der Waals surface area contributed by atoms with E-state index in [0.29, 0.717) is 5.92 Å². The smallest absolute Gasteiger partial charge is 0.223 e. The van der Waals surface area contributed by atoms with Crippen LogP contribution < -0.4 is 5.32 Å². The van der Waals surface area contributed by atoms with Gasteiger partial charge in [0.1, 0.15) is 0 Å². The van der Waals surface area contributed by atoms with Gasteiger partial charge in [0.05, 0.1) is 22.9 Å². The SMILES string of the molecule is CC1CCC(C(=O)NC2CS(=O)(=O)CC2Cl)CC1. The summed E-state index contributed by atoms with van der Waals surface area (Å²) in [4.78, 5) is 12.1. The molecule has 1 N–H and O–H groups in total. The van der Waals surface area contributed by atoms with E-state index in [9.17, 15) is 13.2 Å². The molecular weight excluding hydrogens is 274 g/mol. The quantitative estimate of drug-likeness (QED) is 0.781. The number of halogens is 1. The van der Waals surface area contributed by atoms with Crippen LogP contribution in [0.5, 0.6) is 0 Å². The first kappa shape index (κ1) is 14.1. The predicted molar refractivity (Wildman–Crippen MR) is 71.3 cm³/mol.